The second-order valence-electron chi connectivity index (χ2n) is 9.22. The second-order valence-corrected chi connectivity index (χ2v) is 12.1. The van der Waals surface area contributed by atoms with Crippen molar-refractivity contribution in [3.63, 3.8) is 0 Å². The molecule has 0 aliphatic carbocycles. The number of anilines is 1. The van der Waals surface area contributed by atoms with Crippen molar-refractivity contribution in [2.45, 2.75) is 52.2 Å². The number of ether oxygens (including phenoxy) is 1. The van der Waals surface area contributed by atoms with Gasteiger partial charge in [-0.2, -0.15) is 4.57 Å². The van der Waals surface area contributed by atoms with Crippen molar-refractivity contribution in [2.24, 2.45) is 0 Å². The zero-order valence-electron chi connectivity index (χ0n) is 22.5. The summed E-state index contributed by atoms with van der Waals surface area (Å²) in [6, 6.07) is 17.2. The molecule has 206 valence electrons. The molecule has 3 aromatic rings. The molecular weight excluding hydrogens is 556 g/mol. The van der Waals surface area contributed by atoms with Crippen LogP contribution in [0.5, 0.6) is 5.88 Å². The number of aryl methyl sites for hydroxylation is 1. The summed E-state index contributed by atoms with van der Waals surface area (Å²) < 4.78 is 42.9. The van der Waals surface area contributed by atoms with Crippen LogP contribution in [0.4, 0.5) is 5.69 Å². The average molecular weight is 587 g/mol. The number of rotatable bonds is 5. The van der Waals surface area contributed by atoms with Crippen molar-refractivity contribution >= 4 is 40.9 Å². The molecule has 1 aromatic heterocycles. The van der Waals surface area contributed by atoms with E-state index < -0.39 is 10.2 Å². The fraction of sp³-hybridized carbons (Fsp3) is 0.276. The van der Waals surface area contributed by atoms with Gasteiger partial charge in [-0.1, -0.05) is 59.5 Å². The number of fused-ring (bicyclic) bond motifs is 2. The maximum atomic E-state index is 8.49. The van der Waals surface area contributed by atoms with Crippen LogP contribution in [-0.2, 0) is 6.54 Å². The molecule has 7 nitrogen and oxygen atoms in total. The van der Waals surface area contributed by atoms with E-state index in [0.29, 0.717) is 0 Å². The summed E-state index contributed by atoms with van der Waals surface area (Å²) in [5.41, 5.74) is 6.30. The topological polar surface area (TPSA) is 109 Å². The highest BCUT2D eigenvalue weighted by molar-refractivity contribution is 8.03. The van der Waals surface area contributed by atoms with Crippen LogP contribution in [0.1, 0.15) is 54.8 Å². The Hall–Kier alpha value is -2.63. The van der Waals surface area contributed by atoms with Gasteiger partial charge in [0.05, 0.1) is 10.7 Å². The normalized spacial score (nSPS) is 17.7. The molecule has 1 unspecified atom stereocenters. The van der Waals surface area contributed by atoms with Gasteiger partial charge in [-0.05, 0) is 81.2 Å². The van der Waals surface area contributed by atoms with Crippen LogP contribution in [0.25, 0.3) is 12.2 Å². The minimum atomic E-state index is -4.94. The lowest BCUT2D eigenvalue weighted by atomic mass is 10.0. The van der Waals surface area contributed by atoms with Crippen molar-refractivity contribution in [2.75, 3.05) is 11.4 Å². The van der Waals surface area contributed by atoms with E-state index in [4.69, 9.17) is 23.4 Å². The number of hydrogen-bond acceptors (Lipinski definition) is 8. The third-order valence-electron chi connectivity index (χ3n) is 6.26. The number of hydrogen-bond donors (Lipinski definition) is 0. The van der Waals surface area contributed by atoms with Crippen LogP contribution in [0.3, 0.4) is 0 Å². The Morgan fingerprint density at radius 2 is 1.77 bits per heavy atom. The second kappa shape index (κ2) is 12.3. The van der Waals surface area contributed by atoms with Gasteiger partial charge in [0.1, 0.15) is 4.88 Å². The predicted molar refractivity (Wildman–Crippen MR) is 145 cm³/mol. The van der Waals surface area contributed by atoms with Gasteiger partial charge in [0.2, 0.25) is 0 Å². The van der Waals surface area contributed by atoms with Gasteiger partial charge in [0.25, 0.3) is 5.01 Å². The molecule has 0 spiro atoms. The third-order valence-corrected chi connectivity index (χ3v) is 8.43. The molecule has 0 fully saturated rings. The lowest BCUT2D eigenvalue weighted by Gasteiger charge is -2.21. The first kappa shape index (κ1) is 29.4. The Morgan fingerprint density at radius 3 is 2.41 bits per heavy atom. The number of halogens is 1. The number of aromatic nitrogens is 1. The quantitative estimate of drug-likeness (QED) is 0.423. The van der Waals surface area contributed by atoms with Crippen molar-refractivity contribution in [1.29, 1.82) is 0 Å². The summed E-state index contributed by atoms with van der Waals surface area (Å²) in [4.78, 5) is 4.95. The first-order valence-corrected chi connectivity index (χ1v) is 15.4. The van der Waals surface area contributed by atoms with Crippen LogP contribution in [-0.4, -0.2) is 6.54 Å². The van der Waals surface area contributed by atoms with Crippen molar-refractivity contribution in [1.82, 2.24) is 0 Å². The van der Waals surface area contributed by atoms with Gasteiger partial charge in [-0.15, -0.1) is 10.2 Å². The van der Waals surface area contributed by atoms with Gasteiger partial charge in [0.15, 0.2) is 12.6 Å². The van der Waals surface area contributed by atoms with E-state index >= 15 is 0 Å². The number of nitrogens with zero attached hydrogens (tertiary/aromatic N) is 2. The van der Waals surface area contributed by atoms with Gasteiger partial charge < -0.3 is 9.64 Å². The maximum absolute atomic E-state index is 8.49. The molecule has 0 bridgehead atoms. The maximum Gasteiger partial charge on any atom is 0.387 e. The SMILES string of the molecule is CCN1C(=CC(C)=Cc2sc3c([n+]2CC)OC(c2ccccc2)C(C)=C3)Sc2ccc(C)cc21.[O-][Cl+3]([O-])([O-])[O-]. The molecule has 2 aliphatic rings. The molecule has 3 heterocycles. The largest absolute Gasteiger partial charge is 0.431 e. The van der Waals surface area contributed by atoms with Crippen LogP contribution in [0.15, 0.2) is 75.7 Å². The molecule has 0 radical (unpaired) electrons. The monoisotopic (exact) mass is 586 g/mol. The fourth-order valence-corrected chi connectivity index (χ4v) is 7.09. The summed E-state index contributed by atoms with van der Waals surface area (Å²) in [6.07, 6.45) is 6.88. The van der Waals surface area contributed by atoms with Crippen molar-refractivity contribution in [3.05, 3.63) is 91.8 Å². The minimum absolute atomic E-state index is 0.0314. The highest BCUT2D eigenvalue weighted by Crippen LogP contribution is 2.46. The average Bonchev–Trinajstić information content (AvgIpc) is 3.38. The highest BCUT2D eigenvalue weighted by atomic mass is 35.7. The standard InChI is InChI=1S/C29H31N2OS2.ClHO4/c1-6-30-23-15-19(3)13-14-24(23)33-26(30)16-20(4)17-27-31(7-2)29-25(34-27)18-21(5)28(32-29)22-11-9-8-10-12-22;2-1(3,4)5/h8-18,28H,6-7H2,1-5H3;(H,2,3,4,5)/q+1;/p-1. The Kier molecular flexibility index (Phi) is 9.23. The Bertz CT molecular complexity index is 1420. The Balaban J connectivity index is 0.000000648. The number of benzene rings is 2. The number of allylic oxidation sites excluding steroid dienone is 2. The summed E-state index contributed by atoms with van der Waals surface area (Å²) >= 11 is 3.67. The molecule has 39 heavy (non-hydrogen) atoms. The third kappa shape index (κ3) is 7.12. The van der Waals surface area contributed by atoms with E-state index in [-0.39, 0.29) is 6.10 Å². The van der Waals surface area contributed by atoms with Crippen LogP contribution in [0.2, 0.25) is 0 Å². The summed E-state index contributed by atoms with van der Waals surface area (Å²) in [6.45, 7) is 12.8. The van der Waals surface area contributed by atoms with Crippen LogP contribution < -0.4 is 32.8 Å². The molecule has 0 saturated heterocycles. The zero-order valence-corrected chi connectivity index (χ0v) is 24.9. The van der Waals surface area contributed by atoms with Crippen LogP contribution >= 0.6 is 23.1 Å². The Morgan fingerprint density at radius 1 is 1.08 bits per heavy atom. The molecule has 5 rings (SSSR count). The van der Waals surface area contributed by atoms with Gasteiger partial charge >= 0.3 is 5.88 Å². The van der Waals surface area contributed by atoms with Gasteiger partial charge in [-0.3, -0.25) is 0 Å². The van der Waals surface area contributed by atoms with Gasteiger partial charge in [0, 0.05) is 17.5 Å². The van der Waals surface area contributed by atoms with Crippen LogP contribution in [0, 0.1) is 17.2 Å². The highest BCUT2D eigenvalue weighted by Gasteiger charge is 2.33. The molecule has 2 aliphatic heterocycles. The molecule has 0 saturated carbocycles. The molecule has 10 heteroatoms. The van der Waals surface area contributed by atoms with E-state index in [1.165, 1.54) is 47.8 Å². The van der Waals surface area contributed by atoms with E-state index in [9.17, 15) is 0 Å². The molecule has 2 aromatic carbocycles. The summed E-state index contributed by atoms with van der Waals surface area (Å²) in [5.74, 6) is 0.979. The van der Waals surface area contributed by atoms with E-state index in [1.54, 1.807) is 11.3 Å². The molecular formula is C29H31ClN2O5S2. The predicted octanol–water partition coefficient (Wildman–Crippen LogP) is 3.02. The fourth-order valence-electron chi connectivity index (χ4n) is 4.59. The number of thioether (sulfide) groups is 1. The lowest BCUT2D eigenvalue weighted by Crippen LogP contribution is -2.68. The van der Waals surface area contributed by atoms with E-state index in [1.807, 2.05) is 11.8 Å². The van der Waals surface area contributed by atoms with Gasteiger partial charge in [-0.25, -0.2) is 18.6 Å². The Labute approximate surface area is 239 Å². The summed E-state index contributed by atoms with van der Waals surface area (Å²) in [7, 11) is -4.94. The van der Waals surface area contributed by atoms with E-state index in [2.05, 4.69) is 111 Å². The van der Waals surface area contributed by atoms with Crippen molar-refractivity contribution in [3.8, 4) is 5.88 Å². The molecule has 0 amide bonds. The number of thiazole rings is 1. The minimum Gasteiger partial charge on any atom is -0.431 e. The lowest BCUT2D eigenvalue weighted by molar-refractivity contribution is -2.00. The zero-order chi connectivity index (χ0) is 28.3. The molecule has 0 N–H and O–H groups in total. The first-order valence-electron chi connectivity index (χ1n) is 12.5. The van der Waals surface area contributed by atoms with Crippen molar-refractivity contribution < 1.29 is 38.2 Å². The molecule has 1 atom stereocenters. The smallest absolute Gasteiger partial charge is 0.387 e. The first-order chi connectivity index (χ1) is 18.5. The van der Waals surface area contributed by atoms with E-state index in [0.717, 1.165) is 19.0 Å². The summed E-state index contributed by atoms with van der Waals surface area (Å²) in [5, 5.41) is 2.51.